The van der Waals surface area contributed by atoms with Gasteiger partial charge in [-0.3, -0.25) is 14.7 Å². The first-order chi connectivity index (χ1) is 8.61. The predicted molar refractivity (Wildman–Crippen MR) is 67.3 cm³/mol. The van der Waals surface area contributed by atoms with Gasteiger partial charge in [0.05, 0.1) is 0 Å². The maximum atomic E-state index is 10.4. The summed E-state index contributed by atoms with van der Waals surface area (Å²) in [6.07, 6.45) is 3.65. The molecule has 0 saturated carbocycles. The molecule has 0 bridgehead atoms. The minimum absolute atomic E-state index is 0.214. The number of aliphatic imine (C=N–C) groups is 1. The fourth-order valence-corrected chi connectivity index (χ4v) is 1.11. The summed E-state index contributed by atoms with van der Waals surface area (Å²) in [4.78, 5) is 25.4. The van der Waals surface area contributed by atoms with E-state index < -0.39 is 6.09 Å². The largest absolute Gasteiger partial charge is 0.465 e. The van der Waals surface area contributed by atoms with Crippen molar-refractivity contribution in [3.63, 3.8) is 0 Å². The van der Waals surface area contributed by atoms with E-state index in [0.29, 0.717) is 5.56 Å². The zero-order chi connectivity index (χ0) is 13.4. The quantitative estimate of drug-likeness (QED) is 0.783. The molecule has 3 N–H and O–H groups in total. The predicted octanol–water partition coefficient (Wildman–Crippen LogP) is 1.31. The van der Waals surface area contributed by atoms with Gasteiger partial charge in [-0.2, -0.15) is 0 Å². The van der Waals surface area contributed by atoms with Crippen molar-refractivity contribution in [2.24, 2.45) is 10.7 Å². The van der Waals surface area contributed by atoms with Crippen LogP contribution in [0.3, 0.4) is 0 Å². The molecule has 0 aromatic heterocycles. The number of allylic oxidation sites excluding steroid dienone is 1. The monoisotopic (exact) mass is 247 g/mol. The van der Waals surface area contributed by atoms with Gasteiger partial charge in [-0.1, -0.05) is 18.2 Å². The molecule has 1 aromatic carbocycles. The van der Waals surface area contributed by atoms with Crippen molar-refractivity contribution in [2.45, 2.75) is 0 Å². The Balaban J connectivity index is 0.000000180. The smallest absolute Gasteiger partial charge is 0.412 e. The lowest BCUT2D eigenvalue weighted by atomic mass is 10.2. The summed E-state index contributed by atoms with van der Waals surface area (Å²) >= 11 is 0. The van der Waals surface area contributed by atoms with Crippen LogP contribution in [0.5, 0.6) is 0 Å². The van der Waals surface area contributed by atoms with E-state index in [9.17, 15) is 9.59 Å². The fraction of sp³-hybridized carbons (Fsp3) is 0.0833. The number of nitrogens with zero attached hydrogens (tertiary/aromatic N) is 2. The van der Waals surface area contributed by atoms with Gasteiger partial charge < -0.3 is 10.8 Å². The third kappa shape index (κ3) is 4.48. The van der Waals surface area contributed by atoms with E-state index in [0.717, 1.165) is 4.90 Å². The van der Waals surface area contributed by atoms with E-state index in [1.165, 1.54) is 6.20 Å². The Hall–Kier alpha value is -2.63. The first kappa shape index (κ1) is 13.4. The first-order valence-electron chi connectivity index (χ1n) is 5.12. The van der Waals surface area contributed by atoms with Crippen LogP contribution < -0.4 is 5.73 Å². The number of rotatable bonds is 1. The van der Waals surface area contributed by atoms with Crippen LogP contribution in [0.25, 0.3) is 0 Å². The van der Waals surface area contributed by atoms with Gasteiger partial charge in [-0.05, 0) is 18.2 Å². The van der Waals surface area contributed by atoms with Crippen molar-refractivity contribution in [1.29, 1.82) is 0 Å². The van der Waals surface area contributed by atoms with E-state index >= 15 is 0 Å². The Morgan fingerprint density at radius 1 is 1.28 bits per heavy atom. The van der Waals surface area contributed by atoms with Gasteiger partial charge in [0.1, 0.15) is 6.67 Å². The molecule has 6 nitrogen and oxygen atoms in total. The number of hydrogen-bond donors (Lipinski definition) is 2. The SMILES string of the molecule is NC(=O)c1ccccc1.O=C(O)N1C=CC=NC1. The van der Waals surface area contributed by atoms with E-state index in [1.807, 2.05) is 6.07 Å². The summed E-state index contributed by atoms with van der Waals surface area (Å²) in [5.74, 6) is -0.379. The van der Waals surface area contributed by atoms with E-state index in [1.54, 1.807) is 36.6 Å². The highest BCUT2D eigenvalue weighted by Crippen LogP contribution is 1.95. The van der Waals surface area contributed by atoms with Crippen LogP contribution in [0, 0.1) is 0 Å². The normalized spacial score (nSPS) is 12.6. The first-order valence-corrected chi connectivity index (χ1v) is 5.12. The molecule has 18 heavy (non-hydrogen) atoms. The third-order valence-electron chi connectivity index (χ3n) is 2.00. The molecular formula is C12H13N3O3. The molecule has 0 radical (unpaired) electrons. The number of carbonyl (C=O) groups is 2. The number of carbonyl (C=O) groups excluding carboxylic acids is 1. The summed E-state index contributed by atoms with van der Waals surface area (Å²) in [5.41, 5.74) is 5.53. The molecule has 0 unspecified atom stereocenters. The van der Waals surface area contributed by atoms with Crippen LogP contribution >= 0.6 is 0 Å². The molecule has 0 atom stereocenters. The highest BCUT2D eigenvalue weighted by molar-refractivity contribution is 5.92. The summed E-state index contributed by atoms with van der Waals surface area (Å²) in [6, 6.07) is 8.76. The third-order valence-corrected chi connectivity index (χ3v) is 2.00. The topological polar surface area (TPSA) is 96.0 Å². The number of nitrogens with two attached hydrogens (primary N) is 1. The minimum atomic E-state index is -0.969. The molecule has 1 aromatic rings. The highest BCUT2D eigenvalue weighted by atomic mass is 16.4. The summed E-state index contributed by atoms with van der Waals surface area (Å²) < 4.78 is 0. The molecule has 94 valence electrons. The lowest BCUT2D eigenvalue weighted by molar-refractivity contribution is 0.1000. The van der Waals surface area contributed by atoms with Crippen LogP contribution in [0.1, 0.15) is 10.4 Å². The van der Waals surface area contributed by atoms with E-state index in [4.69, 9.17) is 10.8 Å². The van der Waals surface area contributed by atoms with Gasteiger partial charge in [0.2, 0.25) is 5.91 Å². The van der Waals surface area contributed by atoms with Gasteiger partial charge in [0.15, 0.2) is 0 Å². The van der Waals surface area contributed by atoms with Crippen LogP contribution in [-0.2, 0) is 0 Å². The zero-order valence-electron chi connectivity index (χ0n) is 9.56. The Morgan fingerprint density at radius 3 is 2.28 bits per heavy atom. The summed E-state index contributed by atoms with van der Waals surface area (Å²) in [7, 11) is 0. The highest BCUT2D eigenvalue weighted by Gasteiger charge is 2.06. The van der Waals surface area contributed by atoms with Crippen molar-refractivity contribution >= 4 is 18.2 Å². The lowest BCUT2D eigenvalue weighted by Crippen LogP contribution is -2.25. The number of benzene rings is 1. The maximum Gasteiger partial charge on any atom is 0.412 e. The maximum absolute atomic E-state index is 10.4. The molecule has 0 fully saturated rings. The number of hydrogen-bond acceptors (Lipinski definition) is 3. The Kier molecular flexibility index (Phi) is 5.11. The zero-order valence-corrected chi connectivity index (χ0v) is 9.56. The molecule has 1 aliphatic heterocycles. The van der Waals surface area contributed by atoms with Gasteiger partial charge in [-0.15, -0.1) is 0 Å². The van der Waals surface area contributed by atoms with Gasteiger partial charge in [0, 0.05) is 18.0 Å². The molecule has 0 spiro atoms. The number of carboxylic acid groups (broad SMARTS) is 1. The second kappa shape index (κ2) is 6.85. The van der Waals surface area contributed by atoms with Crippen molar-refractivity contribution in [1.82, 2.24) is 4.90 Å². The molecule has 2 amide bonds. The van der Waals surface area contributed by atoms with Gasteiger partial charge in [0.25, 0.3) is 0 Å². The number of primary amides is 1. The van der Waals surface area contributed by atoms with Crippen molar-refractivity contribution in [3.8, 4) is 0 Å². The van der Waals surface area contributed by atoms with E-state index in [2.05, 4.69) is 4.99 Å². The van der Waals surface area contributed by atoms with Crippen molar-refractivity contribution < 1.29 is 14.7 Å². The molecule has 1 aliphatic rings. The molecule has 2 rings (SSSR count). The Labute approximate surface area is 104 Å². The van der Waals surface area contributed by atoms with Crippen molar-refractivity contribution in [3.05, 3.63) is 48.2 Å². The average molecular weight is 247 g/mol. The minimum Gasteiger partial charge on any atom is -0.465 e. The number of amides is 2. The van der Waals surface area contributed by atoms with Crippen LogP contribution in [-0.4, -0.2) is 34.9 Å². The molecule has 0 aliphatic carbocycles. The Bertz CT molecular complexity index is 469. The summed E-state index contributed by atoms with van der Waals surface area (Å²) in [6.45, 7) is 0.214. The average Bonchev–Trinajstić information content (AvgIpc) is 2.41. The second-order valence-electron chi connectivity index (χ2n) is 3.30. The second-order valence-corrected chi connectivity index (χ2v) is 3.30. The fourth-order valence-electron chi connectivity index (χ4n) is 1.11. The van der Waals surface area contributed by atoms with Crippen LogP contribution in [0.15, 0.2) is 47.6 Å². The lowest BCUT2D eigenvalue weighted by Gasteiger charge is -2.12. The van der Waals surface area contributed by atoms with Gasteiger partial charge in [-0.25, -0.2) is 4.79 Å². The van der Waals surface area contributed by atoms with Crippen LogP contribution in [0.2, 0.25) is 0 Å². The summed E-state index contributed by atoms with van der Waals surface area (Å²) in [5, 5.41) is 8.34. The molecule has 0 saturated heterocycles. The van der Waals surface area contributed by atoms with Crippen molar-refractivity contribution in [2.75, 3.05) is 6.67 Å². The van der Waals surface area contributed by atoms with E-state index in [-0.39, 0.29) is 12.6 Å². The van der Waals surface area contributed by atoms with Crippen LogP contribution in [0.4, 0.5) is 4.79 Å². The van der Waals surface area contributed by atoms with Gasteiger partial charge >= 0.3 is 6.09 Å². The standard InChI is InChI=1S/C7H7NO.C5H6N2O2/c8-7(9)6-4-2-1-3-5-6;8-5(9)7-3-1-2-6-4-7/h1-5H,(H2,8,9);1-3H,4H2,(H,8,9). The molecular weight excluding hydrogens is 234 g/mol. The molecule has 6 heteroatoms. The Morgan fingerprint density at radius 2 is 1.94 bits per heavy atom. The molecule has 1 heterocycles.